The molecule has 6 heteroatoms. The highest BCUT2D eigenvalue weighted by Crippen LogP contribution is 2.32. The van der Waals surface area contributed by atoms with Gasteiger partial charge in [-0.2, -0.15) is 5.10 Å². The van der Waals surface area contributed by atoms with E-state index in [-0.39, 0.29) is 12.1 Å². The van der Waals surface area contributed by atoms with Crippen molar-refractivity contribution in [3.8, 4) is 22.4 Å². The van der Waals surface area contributed by atoms with Gasteiger partial charge in [0, 0.05) is 16.1 Å². The summed E-state index contributed by atoms with van der Waals surface area (Å²) >= 11 is 6.11. The second kappa shape index (κ2) is 8.98. The molecular weight excluding hydrogens is 412 g/mol. The first-order valence-corrected chi connectivity index (χ1v) is 10.0. The number of aromatic nitrogens is 2. The Morgan fingerprint density at radius 2 is 1.58 bits per heavy atom. The Hall–Kier alpha value is -3.70. The zero-order chi connectivity index (χ0) is 21.8. The normalized spacial score (nSPS) is 10.6. The maximum absolute atomic E-state index is 13.4. The molecule has 0 bridgehead atoms. The maximum Gasteiger partial charge on any atom is 0.344 e. The predicted octanol–water partition coefficient (Wildman–Crippen LogP) is 5.07. The maximum atomic E-state index is 13.4. The van der Waals surface area contributed by atoms with E-state index in [4.69, 9.17) is 16.3 Å². The molecule has 1 heterocycles. The van der Waals surface area contributed by atoms with Crippen molar-refractivity contribution in [3.63, 3.8) is 0 Å². The summed E-state index contributed by atoms with van der Waals surface area (Å²) in [4.78, 5) is 26.2. The van der Waals surface area contributed by atoms with Crippen LogP contribution in [0.5, 0.6) is 0 Å². The van der Waals surface area contributed by atoms with Crippen LogP contribution in [-0.2, 0) is 11.3 Å². The number of halogens is 1. The average molecular weight is 431 g/mol. The molecule has 0 radical (unpaired) electrons. The van der Waals surface area contributed by atoms with Gasteiger partial charge in [-0.05, 0) is 23.3 Å². The van der Waals surface area contributed by atoms with Crippen molar-refractivity contribution in [2.24, 2.45) is 0 Å². The van der Waals surface area contributed by atoms with Gasteiger partial charge in [-0.3, -0.25) is 4.79 Å². The van der Waals surface area contributed by atoms with Crippen LogP contribution in [0.25, 0.3) is 22.4 Å². The van der Waals surface area contributed by atoms with Gasteiger partial charge in [0.1, 0.15) is 5.56 Å². The molecular formula is C25H19ClN2O3. The fourth-order valence-corrected chi connectivity index (χ4v) is 3.67. The molecule has 0 aliphatic carbocycles. The van der Waals surface area contributed by atoms with Crippen molar-refractivity contribution < 1.29 is 9.53 Å². The van der Waals surface area contributed by atoms with Gasteiger partial charge in [0.2, 0.25) is 0 Å². The third-order valence-corrected chi connectivity index (χ3v) is 5.11. The number of carbonyl (C=O) groups is 1. The van der Waals surface area contributed by atoms with Gasteiger partial charge in [0.25, 0.3) is 5.56 Å². The number of rotatable bonds is 5. The van der Waals surface area contributed by atoms with Gasteiger partial charge in [-0.1, -0.05) is 84.4 Å². The van der Waals surface area contributed by atoms with Crippen LogP contribution in [0, 0.1) is 0 Å². The van der Waals surface area contributed by atoms with Crippen molar-refractivity contribution in [2.75, 3.05) is 7.11 Å². The lowest BCUT2D eigenvalue weighted by Gasteiger charge is -2.16. The first-order valence-electron chi connectivity index (χ1n) is 9.67. The first kappa shape index (κ1) is 20.6. The van der Waals surface area contributed by atoms with Crippen LogP contribution < -0.4 is 5.56 Å². The Kier molecular flexibility index (Phi) is 5.96. The number of nitrogens with zero attached hydrogens (tertiary/aromatic N) is 2. The zero-order valence-corrected chi connectivity index (χ0v) is 17.5. The molecule has 0 spiro atoms. The SMILES string of the molecule is COC(=O)c1c(-c2ccccc2)c(-c2ccccc2)nn(Cc2cccc(Cl)c2)c1=O. The van der Waals surface area contributed by atoms with Crippen molar-refractivity contribution in [1.82, 2.24) is 9.78 Å². The molecule has 1 aromatic heterocycles. The highest BCUT2D eigenvalue weighted by Gasteiger charge is 2.25. The van der Waals surface area contributed by atoms with E-state index in [1.165, 1.54) is 11.8 Å². The summed E-state index contributed by atoms with van der Waals surface area (Å²) in [5.74, 6) is -0.705. The second-order valence-electron chi connectivity index (χ2n) is 6.91. The Balaban J connectivity index is 2.03. The molecule has 0 fully saturated rings. The largest absolute Gasteiger partial charge is 0.465 e. The van der Waals surface area contributed by atoms with Crippen molar-refractivity contribution in [3.05, 3.63) is 111 Å². The molecule has 4 rings (SSSR count). The topological polar surface area (TPSA) is 61.2 Å². The predicted molar refractivity (Wildman–Crippen MR) is 121 cm³/mol. The number of benzene rings is 3. The molecule has 0 aliphatic rings. The van der Waals surface area contributed by atoms with Crippen molar-refractivity contribution in [1.29, 1.82) is 0 Å². The third kappa shape index (κ3) is 4.27. The molecule has 5 nitrogen and oxygen atoms in total. The lowest BCUT2D eigenvalue weighted by Crippen LogP contribution is -2.31. The lowest BCUT2D eigenvalue weighted by atomic mass is 9.95. The molecule has 0 atom stereocenters. The summed E-state index contributed by atoms with van der Waals surface area (Å²) in [5.41, 5.74) is 2.69. The number of hydrogen-bond acceptors (Lipinski definition) is 4. The van der Waals surface area contributed by atoms with Crippen LogP contribution in [0.3, 0.4) is 0 Å². The molecule has 0 N–H and O–H groups in total. The Morgan fingerprint density at radius 3 is 2.19 bits per heavy atom. The number of esters is 1. The smallest absolute Gasteiger partial charge is 0.344 e. The minimum absolute atomic E-state index is 0.0513. The minimum atomic E-state index is -0.705. The van der Waals surface area contributed by atoms with E-state index in [0.29, 0.717) is 21.8 Å². The highest BCUT2D eigenvalue weighted by molar-refractivity contribution is 6.30. The standard InChI is InChI=1S/C25H19ClN2O3/c1-31-25(30)22-21(18-10-4-2-5-11-18)23(19-12-6-3-7-13-19)27-28(24(22)29)16-17-9-8-14-20(26)15-17/h2-15H,16H2,1H3. The summed E-state index contributed by atoms with van der Waals surface area (Å²) < 4.78 is 6.28. The summed E-state index contributed by atoms with van der Waals surface area (Å²) in [5, 5.41) is 5.23. The molecule has 31 heavy (non-hydrogen) atoms. The summed E-state index contributed by atoms with van der Waals surface area (Å²) in [6.45, 7) is 0.165. The molecule has 0 saturated heterocycles. The minimum Gasteiger partial charge on any atom is -0.465 e. The summed E-state index contributed by atoms with van der Waals surface area (Å²) in [6, 6.07) is 25.9. The van der Waals surface area contributed by atoms with E-state index >= 15 is 0 Å². The highest BCUT2D eigenvalue weighted by atomic mass is 35.5. The molecule has 4 aromatic rings. The number of methoxy groups -OCH3 is 1. The van der Waals surface area contributed by atoms with Gasteiger partial charge in [-0.25, -0.2) is 9.48 Å². The van der Waals surface area contributed by atoms with Crippen molar-refractivity contribution >= 4 is 17.6 Å². The van der Waals surface area contributed by atoms with Gasteiger partial charge in [0.15, 0.2) is 0 Å². The second-order valence-corrected chi connectivity index (χ2v) is 7.35. The van der Waals surface area contributed by atoms with Gasteiger partial charge in [-0.15, -0.1) is 0 Å². The van der Waals surface area contributed by atoms with Gasteiger partial charge in [0.05, 0.1) is 19.3 Å². The quantitative estimate of drug-likeness (QED) is 0.415. The number of ether oxygens (including phenoxy) is 1. The van der Waals surface area contributed by atoms with Crippen LogP contribution >= 0.6 is 11.6 Å². The van der Waals surface area contributed by atoms with E-state index in [2.05, 4.69) is 5.10 Å². The molecule has 154 valence electrons. The average Bonchev–Trinajstić information content (AvgIpc) is 2.80. The van der Waals surface area contributed by atoms with Gasteiger partial charge >= 0.3 is 5.97 Å². The van der Waals surface area contributed by atoms with Crippen LogP contribution in [0.2, 0.25) is 5.02 Å². The molecule has 0 amide bonds. The molecule has 3 aromatic carbocycles. The van der Waals surface area contributed by atoms with Crippen LogP contribution in [-0.4, -0.2) is 22.9 Å². The first-order chi connectivity index (χ1) is 15.1. The monoisotopic (exact) mass is 430 g/mol. The van der Waals surface area contributed by atoms with E-state index < -0.39 is 11.5 Å². The third-order valence-electron chi connectivity index (χ3n) is 4.88. The van der Waals surface area contributed by atoms with Crippen molar-refractivity contribution in [2.45, 2.75) is 6.54 Å². The van der Waals surface area contributed by atoms with Crippen LogP contribution in [0.4, 0.5) is 0 Å². The number of hydrogen-bond donors (Lipinski definition) is 0. The Morgan fingerprint density at radius 1 is 0.935 bits per heavy atom. The number of carbonyl (C=O) groups excluding carboxylic acids is 1. The molecule has 0 aliphatic heterocycles. The van der Waals surface area contributed by atoms with Crippen LogP contribution in [0.1, 0.15) is 15.9 Å². The lowest BCUT2D eigenvalue weighted by molar-refractivity contribution is 0.0598. The fourth-order valence-electron chi connectivity index (χ4n) is 3.46. The van der Waals surface area contributed by atoms with E-state index in [1.807, 2.05) is 66.7 Å². The van der Waals surface area contributed by atoms with E-state index in [1.54, 1.807) is 18.2 Å². The Labute approximate surface area is 184 Å². The Bertz CT molecular complexity index is 1290. The van der Waals surface area contributed by atoms with E-state index in [9.17, 15) is 9.59 Å². The molecule has 0 unspecified atom stereocenters. The zero-order valence-electron chi connectivity index (χ0n) is 16.8. The van der Waals surface area contributed by atoms with E-state index in [0.717, 1.165) is 11.1 Å². The van der Waals surface area contributed by atoms with Crippen LogP contribution in [0.15, 0.2) is 89.7 Å². The summed E-state index contributed by atoms with van der Waals surface area (Å²) in [7, 11) is 1.26. The van der Waals surface area contributed by atoms with Gasteiger partial charge < -0.3 is 4.74 Å². The molecule has 0 saturated carbocycles. The summed E-state index contributed by atoms with van der Waals surface area (Å²) in [6.07, 6.45) is 0. The fraction of sp³-hybridized carbons (Fsp3) is 0.0800.